The standard InChI is InChI=1S/C8H12O3.Ca.2H/c1-3-4-5-6-8(10)11-7(2)9;;;/h3-7,9H,1-2H3;;;/b4-3+,6-5+;;;. The minimum absolute atomic E-state index is 0. The van der Waals surface area contributed by atoms with Crippen molar-refractivity contribution in [2.75, 3.05) is 0 Å². The summed E-state index contributed by atoms with van der Waals surface area (Å²) in [4.78, 5) is 10.6. The quantitative estimate of drug-likeness (QED) is 0.230. The normalized spacial score (nSPS) is 12.9. The van der Waals surface area contributed by atoms with Gasteiger partial charge in [-0.25, -0.2) is 4.79 Å². The van der Waals surface area contributed by atoms with E-state index in [0.717, 1.165) is 0 Å². The fourth-order valence-corrected chi connectivity index (χ4v) is 0.453. The Kier molecular flexibility index (Phi) is 11.3. The fourth-order valence-electron chi connectivity index (χ4n) is 0.453. The van der Waals surface area contributed by atoms with E-state index in [0.29, 0.717) is 0 Å². The number of ether oxygens (including phenoxy) is 1. The van der Waals surface area contributed by atoms with Gasteiger partial charge in [-0.15, -0.1) is 0 Å². The molecular weight excluding hydrogens is 184 g/mol. The SMILES string of the molecule is C/C=C/C=C/C(=O)OC(C)O.[CaH2]. The maximum atomic E-state index is 10.6. The summed E-state index contributed by atoms with van der Waals surface area (Å²) in [6.07, 6.45) is 5.23. The topological polar surface area (TPSA) is 46.5 Å². The van der Waals surface area contributed by atoms with Crippen LogP contribution in [0.4, 0.5) is 0 Å². The zero-order valence-electron chi connectivity index (χ0n) is 6.65. The molecule has 0 heterocycles. The Labute approximate surface area is 102 Å². The molecule has 0 bridgehead atoms. The van der Waals surface area contributed by atoms with Gasteiger partial charge in [0.2, 0.25) is 0 Å². The van der Waals surface area contributed by atoms with Gasteiger partial charge < -0.3 is 9.84 Å². The molecule has 1 atom stereocenters. The Morgan fingerprint density at radius 2 is 2.08 bits per heavy atom. The molecule has 0 aliphatic heterocycles. The van der Waals surface area contributed by atoms with Crippen molar-refractivity contribution in [1.82, 2.24) is 0 Å². The summed E-state index contributed by atoms with van der Waals surface area (Å²) in [6.45, 7) is 3.21. The third-order valence-corrected chi connectivity index (χ3v) is 0.823. The van der Waals surface area contributed by atoms with Gasteiger partial charge in [0.25, 0.3) is 0 Å². The molecular formula is C8H14CaO3. The van der Waals surface area contributed by atoms with E-state index in [1.54, 1.807) is 18.2 Å². The Bertz CT molecular complexity index is 173. The number of aliphatic hydroxyl groups excluding tert-OH is 1. The number of aliphatic hydroxyl groups is 1. The molecule has 0 spiro atoms. The number of rotatable bonds is 3. The zero-order chi connectivity index (χ0) is 8.69. The second kappa shape index (κ2) is 9.26. The van der Waals surface area contributed by atoms with Crippen molar-refractivity contribution >= 4 is 43.7 Å². The predicted octanol–water partition coefficient (Wildman–Crippen LogP) is 0.0840. The van der Waals surface area contributed by atoms with E-state index < -0.39 is 12.3 Å². The molecule has 0 aromatic rings. The Morgan fingerprint density at radius 3 is 2.50 bits per heavy atom. The minimum atomic E-state index is -1.04. The van der Waals surface area contributed by atoms with Gasteiger partial charge >= 0.3 is 43.7 Å². The van der Waals surface area contributed by atoms with Crippen molar-refractivity contribution in [3.63, 3.8) is 0 Å². The molecule has 0 rings (SSSR count). The molecule has 12 heavy (non-hydrogen) atoms. The van der Waals surface area contributed by atoms with E-state index in [2.05, 4.69) is 4.74 Å². The molecule has 66 valence electrons. The van der Waals surface area contributed by atoms with E-state index >= 15 is 0 Å². The first-order chi connectivity index (χ1) is 5.16. The Balaban J connectivity index is 0. The van der Waals surface area contributed by atoms with E-state index in [-0.39, 0.29) is 37.7 Å². The van der Waals surface area contributed by atoms with Crippen LogP contribution < -0.4 is 0 Å². The van der Waals surface area contributed by atoms with E-state index in [1.807, 2.05) is 6.92 Å². The number of carbonyl (C=O) groups is 1. The number of carbonyl (C=O) groups excluding carboxylic acids is 1. The summed E-state index contributed by atoms with van der Waals surface area (Å²) in [7, 11) is 0. The van der Waals surface area contributed by atoms with Crippen molar-refractivity contribution < 1.29 is 14.6 Å². The molecule has 1 unspecified atom stereocenters. The summed E-state index contributed by atoms with van der Waals surface area (Å²) in [5.74, 6) is -0.543. The average Bonchev–Trinajstić information content (AvgIpc) is 1.86. The maximum absolute atomic E-state index is 10.6. The van der Waals surface area contributed by atoms with Crippen LogP contribution in [0.3, 0.4) is 0 Å². The number of allylic oxidation sites excluding steroid dienone is 3. The van der Waals surface area contributed by atoms with Crippen LogP contribution in [0, 0.1) is 0 Å². The fraction of sp³-hybridized carbons (Fsp3) is 0.375. The van der Waals surface area contributed by atoms with Crippen molar-refractivity contribution in [3.05, 3.63) is 24.3 Å². The van der Waals surface area contributed by atoms with Crippen LogP contribution in [0.15, 0.2) is 24.3 Å². The second-order valence-corrected chi connectivity index (χ2v) is 1.92. The summed E-state index contributed by atoms with van der Waals surface area (Å²) >= 11 is 0. The average molecular weight is 198 g/mol. The first-order valence-electron chi connectivity index (χ1n) is 3.35. The molecule has 4 heteroatoms. The molecule has 0 saturated heterocycles. The number of hydrogen-bond acceptors (Lipinski definition) is 3. The molecule has 0 aromatic carbocycles. The van der Waals surface area contributed by atoms with Crippen molar-refractivity contribution in [2.45, 2.75) is 20.1 Å². The molecule has 0 aromatic heterocycles. The van der Waals surface area contributed by atoms with Crippen molar-refractivity contribution in [3.8, 4) is 0 Å². The van der Waals surface area contributed by atoms with Gasteiger partial charge in [0.15, 0.2) is 6.29 Å². The van der Waals surface area contributed by atoms with Crippen LogP contribution in [-0.2, 0) is 9.53 Å². The molecule has 1 N–H and O–H groups in total. The zero-order valence-corrected chi connectivity index (χ0v) is 6.65. The first kappa shape index (κ1) is 14.7. The van der Waals surface area contributed by atoms with Crippen molar-refractivity contribution in [1.29, 1.82) is 0 Å². The molecule has 0 aliphatic rings. The monoisotopic (exact) mass is 198 g/mol. The molecule has 0 saturated carbocycles. The van der Waals surface area contributed by atoms with Crippen LogP contribution in [0.2, 0.25) is 0 Å². The van der Waals surface area contributed by atoms with Crippen LogP contribution in [0.25, 0.3) is 0 Å². The van der Waals surface area contributed by atoms with Gasteiger partial charge in [0.05, 0.1) is 0 Å². The van der Waals surface area contributed by atoms with Gasteiger partial charge in [-0.2, -0.15) is 0 Å². The van der Waals surface area contributed by atoms with Crippen LogP contribution in [-0.4, -0.2) is 55.1 Å². The predicted molar refractivity (Wildman–Crippen MR) is 50.3 cm³/mol. The van der Waals surface area contributed by atoms with Gasteiger partial charge in [-0.1, -0.05) is 18.2 Å². The van der Waals surface area contributed by atoms with E-state index in [1.165, 1.54) is 13.0 Å². The van der Waals surface area contributed by atoms with E-state index in [4.69, 9.17) is 5.11 Å². The summed E-state index contributed by atoms with van der Waals surface area (Å²) < 4.78 is 4.39. The van der Waals surface area contributed by atoms with Gasteiger partial charge in [0, 0.05) is 6.08 Å². The third kappa shape index (κ3) is 10.2. The Hall–Kier alpha value is 0.170. The van der Waals surface area contributed by atoms with Gasteiger partial charge in [-0.05, 0) is 13.8 Å². The van der Waals surface area contributed by atoms with Crippen LogP contribution in [0.5, 0.6) is 0 Å². The van der Waals surface area contributed by atoms with Gasteiger partial charge in [0.1, 0.15) is 0 Å². The molecule has 0 fully saturated rings. The number of hydrogen-bond donors (Lipinski definition) is 1. The molecule has 0 radical (unpaired) electrons. The van der Waals surface area contributed by atoms with Crippen LogP contribution in [0.1, 0.15) is 13.8 Å². The van der Waals surface area contributed by atoms with Gasteiger partial charge in [-0.3, -0.25) is 0 Å². The van der Waals surface area contributed by atoms with Crippen LogP contribution >= 0.6 is 0 Å². The summed E-state index contributed by atoms with van der Waals surface area (Å²) in [5.41, 5.74) is 0. The Morgan fingerprint density at radius 1 is 1.50 bits per heavy atom. The first-order valence-corrected chi connectivity index (χ1v) is 3.35. The van der Waals surface area contributed by atoms with Crippen molar-refractivity contribution in [2.24, 2.45) is 0 Å². The summed E-state index contributed by atoms with van der Waals surface area (Å²) in [5, 5.41) is 8.58. The van der Waals surface area contributed by atoms with E-state index in [9.17, 15) is 4.79 Å². The third-order valence-electron chi connectivity index (χ3n) is 0.823. The molecule has 3 nitrogen and oxygen atoms in total. The second-order valence-electron chi connectivity index (χ2n) is 1.92. The molecule has 0 amide bonds. The molecule has 0 aliphatic carbocycles. The summed E-state index contributed by atoms with van der Waals surface area (Å²) in [6, 6.07) is 0. The number of esters is 1.